The van der Waals surface area contributed by atoms with E-state index in [9.17, 15) is 5.11 Å². The van der Waals surface area contributed by atoms with Crippen molar-refractivity contribution in [1.82, 2.24) is 0 Å². The molecular formula is C12H18OS. The second-order valence-corrected chi connectivity index (χ2v) is 5.09. The summed E-state index contributed by atoms with van der Waals surface area (Å²) in [6, 6.07) is 6.27. The molecule has 0 bridgehead atoms. The normalized spacial score (nSPS) is 12.9. The molecule has 2 heteroatoms. The molecular weight excluding hydrogens is 192 g/mol. The maximum atomic E-state index is 9.22. The molecule has 0 saturated heterocycles. The first kappa shape index (κ1) is 11.6. The third kappa shape index (κ3) is 3.03. The van der Waals surface area contributed by atoms with Crippen molar-refractivity contribution in [2.45, 2.75) is 43.9 Å². The lowest BCUT2D eigenvalue weighted by Crippen LogP contribution is -1.95. The van der Waals surface area contributed by atoms with Crippen molar-refractivity contribution in [1.29, 1.82) is 0 Å². The molecule has 78 valence electrons. The number of hydrogen-bond acceptors (Lipinski definition) is 2. The summed E-state index contributed by atoms with van der Waals surface area (Å²) < 4.78 is 0. The molecule has 0 amide bonds. The van der Waals surface area contributed by atoms with Crippen LogP contribution < -0.4 is 0 Å². The topological polar surface area (TPSA) is 20.2 Å². The summed E-state index contributed by atoms with van der Waals surface area (Å²) in [6.45, 7) is 6.59. The number of rotatable bonds is 4. The van der Waals surface area contributed by atoms with Gasteiger partial charge >= 0.3 is 0 Å². The van der Waals surface area contributed by atoms with Gasteiger partial charge in [-0.2, -0.15) is 0 Å². The Labute approximate surface area is 90.5 Å². The molecule has 0 spiro atoms. The standard InChI is InChI=1S/C12H18OS/c1-4-10(3)14-12-6-5-9(2)7-11(12)8-13/h5-7,10,13H,4,8H2,1-3H3. The fourth-order valence-electron chi connectivity index (χ4n) is 1.25. The molecule has 1 N–H and O–H groups in total. The Morgan fingerprint density at radius 2 is 2.14 bits per heavy atom. The van der Waals surface area contributed by atoms with Gasteiger partial charge in [-0.05, 0) is 25.0 Å². The predicted molar refractivity (Wildman–Crippen MR) is 62.7 cm³/mol. The molecule has 0 aromatic heterocycles. The lowest BCUT2D eigenvalue weighted by Gasteiger charge is -2.12. The van der Waals surface area contributed by atoms with Gasteiger partial charge in [0.15, 0.2) is 0 Å². The Kier molecular flexibility index (Phi) is 4.49. The van der Waals surface area contributed by atoms with Gasteiger partial charge in [0.25, 0.3) is 0 Å². The van der Waals surface area contributed by atoms with Crippen molar-refractivity contribution in [2.75, 3.05) is 0 Å². The number of thioether (sulfide) groups is 1. The molecule has 1 unspecified atom stereocenters. The fraction of sp³-hybridized carbons (Fsp3) is 0.500. The van der Waals surface area contributed by atoms with Crippen LogP contribution in [0.5, 0.6) is 0 Å². The number of aliphatic hydroxyl groups is 1. The van der Waals surface area contributed by atoms with Crippen LogP contribution in [0.1, 0.15) is 31.4 Å². The van der Waals surface area contributed by atoms with E-state index in [0.29, 0.717) is 5.25 Å². The minimum Gasteiger partial charge on any atom is -0.392 e. The van der Waals surface area contributed by atoms with Crippen LogP contribution in [-0.4, -0.2) is 10.4 Å². The first-order chi connectivity index (χ1) is 6.67. The van der Waals surface area contributed by atoms with Crippen LogP contribution in [0.3, 0.4) is 0 Å². The van der Waals surface area contributed by atoms with Crippen LogP contribution in [0.15, 0.2) is 23.1 Å². The zero-order valence-corrected chi connectivity index (χ0v) is 9.90. The lowest BCUT2D eigenvalue weighted by atomic mass is 10.1. The average Bonchev–Trinajstić information content (AvgIpc) is 2.20. The second kappa shape index (κ2) is 5.42. The van der Waals surface area contributed by atoms with Crippen LogP contribution in [0.2, 0.25) is 0 Å². The smallest absolute Gasteiger partial charge is 0.0692 e. The summed E-state index contributed by atoms with van der Waals surface area (Å²) >= 11 is 1.84. The minimum absolute atomic E-state index is 0.139. The Morgan fingerprint density at radius 3 is 2.71 bits per heavy atom. The monoisotopic (exact) mass is 210 g/mol. The first-order valence-corrected chi connectivity index (χ1v) is 5.92. The van der Waals surface area contributed by atoms with Crippen molar-refractivity contribution in [3.05, 3.63) is 29.3 Å². The summed E-state index contributed by atoms with van der Waals surface area (Å²) in [4.78, 5) is 1.22. The maximum absolute atomic E-state index is 9.22. The van der Waals surface area contributed by atoms with E-state index in [0.717, 1.165) is 12.0 Å². The summed E-state index contributed by atoms with van der Waals surface area (Å²) in [6.07, 6.45) is 1.16. The molecule has 14 heavy (non-hydrogen) atoms. The molecule has 1 rings (SSSR count). The van der Waals surface area contributed by atoms with Crippen LogP contribution in [0.4, 0.5) is 0 Å². The van der Waals surface area contributed by atoms with Crippen molar-refractivity contribution < 1.29 is 5.11 Å². The van der Waals surface area contributed by atoms with E-state index in [1.54, 1.807) is 0 Å². The fourth-order valence-corrected chi connectivity index (χ4v) is 2.27. The molecule has 0 radical (unpaired) electrons. The minimum atomic E-state index is 0.139. The van der Waals surface area contributed by atoms with Gasteiger partial charge in [0.05, 0.1) is 6.61 Å². The maximum Gasteiger partial charge on any atom is 0.0692 e. The van der Waals surface area contributed by atoms with Crippen LogP contribution in [0.25, 0.3) is 0 Å². The molecule has 0 heterocycles. The Bertz CT molecular complexity index is 296. The molecule has 1 nitrogen and oxygen atoms in total. The second-order valence-electron chi connectivity index (χ2n) is 3.61. The Hall–Kier alpha value is -0.470. The highest BCUT2D eigenvalue weighted by Gasteiger charge is 2.06. The quantitative estimate of drug-likeness (QED) is 0.769. The Balaban J connectivity index is 2.85. The van der Waals surface area contributed by atoms with Crippen molar-refractivity contribution in [3.63, 3.8) is 0 Å². The van der Waals surface area contributed by atoms with E-state index < -0.39 is 0 Å². The van der Waals surface area contributed by atoms with Gasteiger partial charge in [-0.25, -0.2) is 0 Å². The van der Waals surface area contributed by atoms with E-state index >= 15 is 0 Å². The summed E-state index contributed by atoms with van der Waals surface area (Å²) in [7, 11) is 0. The van der Waals surface area contributed by atoms with Crippen LogP contribution >= 0.6 is 11.8 Å². The third-order valence-corrected chi connectivity index (χ3v) is 3.68. The van der Waals surface area contributed by atoms with Crippen LogP contribution in [-0.2, 0) is 6.61 Å². The summed E-state index contributed by atoms with van der Waals surface area (Å²) in [5, 5.41) is 9.83. The molecule has 0 aliphatic rings. The first-order valence-electron chi connectivity index (χ1n) is 5.04. The van der Waals surface area contributed by atoms with Gasteiger partial charge in [-0.1, -0.05) is 31.5 Å². The molecule has 0 aliphatic heterocycles. The lowest BCUT2D eigenvalue weighted by molar-refractivity contribution is 0.279. The predicted octanol–water partition coefficient (Wildman–Crippen LogP) is 3.38. The molecule has 0 aliphatic carbocycles. The number of aryl methyl sites for hydroxylation is 1. The van der Waals surface area contributed by atoms with E-state index in [-0.39, 0.29) is 6.61 Å². The third-order valence-electron chi connectivity index (χ3n) is 2.29. The molecule has 1 aromatic rings. The number of hydrogen-bond donors (Lipinski definition) is 1. The van der Waals surface area contributed by atoms with Crippen molar-refractivity contribution >= 4 is 11.8 Å². The highest BCUT2D eigenvalue weighted by Crippen LogP contribution is 2.28. The van der Waals surface area contributed by atoms with E-state index in [1.165, 1.54) is 10.5 Å². The molecule has 0 saturated carbocycles. The molecule has 0 fully saturated rings. The zero-order valence-electron chi connectivity index (χ0n) is 9.08. The largest absolute Gasteiger partial charge is 0.392 e. The van der Waals surface area contributed by atoms with Gasteiger partial charge in [0.1, 0.15) is 0 Å². The van der Waals surface area contributed by atoms with Crippen molar-refractivity contribution in [2.24, 2.45) is 0 Å². The average molecular weight is 210 g/mol. The van der Waals surface area contributed by atoms with E-state index in [2.05, 4.69) is 39.0 Å². The van der Waals surface area contributed by atoms with Gasteiger partial charge in [0, 0.05) is 10.1 Å². The highest BCUT2D eigenvalue weighted by atomic mass is 32.2. The Morgan fingerprint density at radius 1 is 1.43 bits per heavy atom. The van der Waals surface area contributed by atoms with Crippen molar-refractivity contribution in [3.8, 4) is 0 Å². The summed E-state index contributed by atoms with van der Waals surface area (Å²) in [5.41, 5.74) is 2.26. The number of benzene rings is 1. The van der Waals surface area contributed by atoms with E-state index in [4.69, 9.17) is 0 Å². The number of aliphatic hydroxyl groups excluding tert-OH is 1. The molecule has 1 atom stereocenters. The zero-order chi connectivity index (χ0) is 10.6. The van der Waals surface area contributed by atoms with Crippen LogP contribution in [0, 0.1) is 6.92 Å². The van der Waals surface area contributed by atoms with Gasteiger partial charge in [0.2, 0.25) is 0 Å². The van der Waals surface area contributed by atoms with Gasteiger partial charge in [-0.3, -0.25) is 0 Å². The van der Waals surface area contributed by atoms with Gasteiger partial charge < -0.3 is 5.11 Å². The highest BCUT2D eigenvalue weighted by molar-refractivity contribution is 8.00. The van der Waals surface area contributed by atoms with E-state index in [1.807, 2.05) is 11.8 Å². The SMILES string of the molecule is CCC(C)Sc1ccc(C)cc1CO. The van der Waals surface area contributed by atoms with Gasteiger partial charge in [-0.15, -0.1) is 11.8 Å². The molecule has 1 aromatic carbocycles. The summed E-state index contributed by atoms with van der Waals surface area (Å²) in [5.74, 6) is 0.